The smallest absolute Gasteiger partial charge is 0.326 e. The summed E-state index contributed by atoms with van der Waals surface area (Å²) in [6, 6.07) is 10.7. The van der Waals surface area contributed by atoms with E-state index in [1.807, 2.05) is 24.3 Å². The van der Waals surface area contributed by atoms with Crippen molar-refractivity contribution in [1.29, 1.82) is 0 Å². The lowest BCUT2D eigenvalue weighted by Gasteiger charge is -2.30. The predicted octanol–water partition coefficient (Wildman–Crippen LogP) is 4.28. The van der Waals surface area contributed by atoms with E-state index in [9.17, 15) is 14.7 Å². The summed E-state index contributed by atoms with van der Waals surface area (Å²) in [4.78, 5) is 27.1. The van der Waals surface area contributed by atoms with Crippen LogP contribution in [0.1, 0.15) is 50.7 Å². The molecule has 38 heavy (non-hydrogen) atoms. The topological polar surface area (TPSA) is 97.3 Å². The fourth-order valence-corrected chi connectivity index (χ4v) is 5.33. The lowest BCUT2D eigenvalue weighted by Crippen LogP contribution is -2.51. The molecule has 206 valence electrons. The standard InChI is InChI=1S/C30H40N2O6/c1-20-10-13-32(14-11-20)19-22-17-25(36-3)27(26(18-22)37-4)23-8-6-21(7-9-23)16-24(28(33)34)31-29(35)30(2)12-5-15-38-30/h6-9,17-18,20,24H,5,10-16,19H2,1-4H3,(H,31,35)(H,33,34)/t24-,30?/m0/s1. The Hall–Kier alpha value is -3.10. The second kappa shape index (κ2) is 12.2. The zero-order valence-corrected chi connectivity index (χ0v) is 22.9. The zero-order chi connectivity index (χ0) is 27.3. The quantitative estimate of drug-likeness (QED) is 0.479. The van der Waals surface area contributed by atoms with Crippen molar-refractivity contribution in [2.45, 2.75) is 64.1 Å². The van der Waals surface area contributed by atoms with E-state index in [0.717, 1.165) is 65.7 Å². The molecular formula is C30H40N2O6. The van der Waals surface area contributed by atoms with Crippen LogP contribution >= 0.6 is 0 Å². The number of amides is 1. The molecule has 2 aliphatic heterocycles. The number of hydrogen-bond acceptors (Lipinski definition) is 6. The van der Waals surface area contributed by atoms with Gasteiger partial charge < -0.3 is 24.6 Å². The van der Waals surface area contributed by atoms with Gasteiger partial charge >= 0.3 is 5.97 Å². The summed E-state index contributed by atoms with van der Waals surface area (Å²) in [5.74, 6) is 0.794. The van der Waals surface area contributed by atoms with Gasteiger partial charge in [-0.25, -0.2) is 4.79 Å². The summed E-state index contributed by atoms with van der Waals surface area (Å²) in [7, 11) is 3.32. The third kappa shape index (κ3) is 6.48. The summed E-state index contributed by atoms with van der Waals surface area (Å²) in [6.45, 7) is 7.58. The maximum atomic E-state index is 12.7. The first-order valence-corrected chi connectivity index (χ1v) is 13.5. The predicted molar refractivity (Wildman–Crippen MR) is 146 cm³/mol. The number of hydrogen-bond donors (Lipinski definition) is 2. The Labute approximate surface area is 225 Å². The highest BCUT2D eigenvalue weighted by molar-refractivity contribution is 5.89. The van der Waals surface area contributed by atoms with Gasteiger partial charge in [0.2, 0.25) is 0 Å². The number of methoxy groups -OCH3 is 2. The number of piperidine rings is 1. The van der Waals surface area contributed by atoms with E-state index < -0.39 is 17.6 Å². The molecule has 2 saturated heterocycles. The van der Waals surface area contributed by atoms with Crippen LogP contribution in [-0.4, -0.2) is 67.4 Å². The molecule has 2 fully saturated rings. The minimum absolute atomic E-state index is 0.166. The van der Waals surface area contributed by atoms with Gasteiger partial charge in [-0.1, -0.05) is 31.2 Å². The van der Waals surface area contributed by atoms with E-state index >= 15 is 0 Å². The molecule has 8 heteroatoms. The van der Waals surface area contributed by atoms with Crippen molar-refractivity contribution in [3.8, 4) is 22.6 Å². The van der Waals surface area contributed by atoms with Gasteiger partial charge in [-0.2, -0.15) is 0 Å². The summed E-state index contributed by atoms with van der Waals surface area (Å²) >= 11 is 0. The molecule has 0 saturated carbocycles. The number of carbonyl (C=O) groups is 2. The van der Waals surface area contributed by atoms with Crippen LogP contribution < -0.4 is 14.8 Å². The first-order chi connectivity index (χ1) is 18.2. The Kier molecular flexibility index (Phi) is 8.95. The molecule has 1 amide bonds. The van der Waals surface area contributed by atoms with Crippen LogP contribution in [0.2, 0.25) is 0 Å². The van der Waals surface area contributed by atoms with E-state index in [2.05, 4.69) is 29.3 Å². The molecule has 2 N–H and O–H groups in total. The number of carboxylic acid groups (broad SMARTS) is 1. The van der Waals surface area contributed by atoms with Crippen molar-refractivity contribution in [2.24, 2.45) is 5.92 Å². The van der Waals surface area contributed by atoms with Crippen molar-refractivity contribution in [2.75, 3.05) is 33.9 Å². The lowest BCUT2D eigenvalue weighted by atomic mass is 9.96. The highest BCUT2D eigenvalue weighted by Crippen LogP contribution is 2.40. The van der Waals surface area contributed by atoms with E-state index in [-0.39, 0.29) is 12.3 Å². The molecule has 2 aromatic rings. The molecule has 0 aliphatic carbocycles. The maximum absolute atomic E-state index is 12.7. The van der Waals surface area contributed by atoms with E-state index in [1.165, 1.54) is 12.8 Å². The Balaban J connectivity index is 1.50. The molecule has 4 rings (SSSR count). The molecular weight excluding hydrogens is 484 g/mol. The minimum Gasteiger partial charge on any atom is -0.496 e. The molecule has 0 radical (unpaired) electrons. The number of nitrogens with one attached hydrogen (secondary N) is 1. The van der Waals surface area contributed by atoms with Gasteiger partial charge in [0.15, 0.2) is 0 Å². The van der Waals surface area contributed by atoms with Gasteiger partial charge in [-0.3, -0.25) is 9.69 Å². The SMILES string of the molecule is COc1cc(CN2CCC(C)CC2)cc(OC)c1-c1ccc(C[C@H](NC(=O)C2(C)CCCO2)C(=O)O)cc1. The van der Waals surface area contributed by atoms with Crippen molar-refractivity contribution in [3.63, 3.8) is 0 Å². The first kappa shape index (κ1) is 27.9. The average Bonchev–Trinajstić information content (AvgIpc) is 3.37. The highest BCUT2D eigenvalue weighted by atomic mass is 16.5. The molecule has 0 spiro atoms. The fraction of sp³-hybridized carbons (Fsp3) is 0.533. The van der Waals surface area contributed by atoms with E-state index in [1.54, 1.807) is 21.1 Å². The maximum Gasteiger partial charge on any atom is 0.326 e. The molecule has 0 aromatic heterocycles. The molecule has 1 unspecified atom stereocenters. The number of carboxylic acids is 1. The van der Waals surface area contributed by atoms with Crippen molar-refractivity contribution < 1.29 is 28.9 Å². The number of carbonyl (C=O) groups excluding carboxylic acids is 1. The Morgan fingerprint density at radius 3 is 2.26 bits per heavy atom. The van der Waals surface area contributed by atoms with Crippen LogP contribution in [0.3, 0.4) is 0 Å². The van der Waals surface area contributed by atoms with Crippen LogP contribution in [0, 0.1) is 5.92 Å². The van der Waals surface area contributed by atoms with Crippen molar-refractivity contribution in [1.82, 2.24) is 10.2 Å². The Morgan fingerprint density at radius 1 is 1.11 bits per heavy atom. The number of aliphatic carboxylic acids is 1. The third-order valence-electron chi connectivity index (χ3n) is 7.83. The minimum atomic E-state index is -1.08. The second-order valence-corrected chi connectivity index (χ2v) is 10.8. The summed E-state index contributed by atoms with van der Waals surface area (Å²) in [5.41, 5.74) is 2.74. The first-order valence-electron chi connectivity index (χ1n) is 13.5. The molecule has 0 bridgehead atoms. The van der Waals surface area contributed by atoms with Crippen molar-refractivity contribution >= 4 is 11.9 Å². The largest absolute Gasteiger partial charge is 0.496 e. The monoisotopic (exact) mass is 524 g/mol. The second-order valence-electron chi connectivity index (χ2n) is 10.8. The summed E-state index contributed by atoms with van der Waals surface area (Å²) in [6.07, 6.45) is 3.98. The number of rotatable bonds is 10. The lowest BCUT2D eigenvalue weighted by molar-refractivity contribution is -0.147. The summed E-state index contributed by atoms with van der Waals surface area (Å²) < 4.78 is 17.1. The van der Waals surface area contributed by atoms with Gasteiger partial charge in [0, 0.05) is 19.6 Å². The normalized spacial score (nSPS) is 21.2. The Bertz CT molecular complexity index is 1090. The fourth-order valence-electron chi connectivity index (χ4n) is 5.33. The average molecular weight is 525 g/mol. The third-order valence-corrected chi connectivity index (χ3v) is 7.83. The highest BCUT2D eigenvalue weighted by Gasteiger charge is 2.39. The number of benzene rings is 2. The van der Waals surface area contributed by atoms with Crippen LogP contribution in [0.25, 0.3) is 11.1 Å². The van der Waals surface area contributed by atoms with Gasteiger partial charge in [-0.15, -0.1) is 0 Å². The van der Waals surface area contributed by atoms with Gasteiger partial charge in [0.25, 0.3) is 5.91 Å². The molecule has 2 aromatic carbocycles. The zero-order valence-electron chi connectivity index (χ0n) is 22.9. The molecule has 2 atom stereocenters. The van der Waals surface area contributed by atoms with Crippen LogP contribution in [0.15, 0.2) is 36.4 Å². The summed E-state index contributed by atoms with van der Waals surface area (Å²) in [5, 5.41) is 12.4. The van der Waals surface area contributed by atoms with Crippen LogP contribution in [0.4, 0.5) is 0 Å². The molecule has 8 nitrogen and oxygen atoms in total. The van der Waals surface area contributed by atoms with Gasteiger partial charge in [0.1, 0.15) is 23.1 Å². The van der Waals surface area contributed by atoms with Gasteiger partial charge in [-0.05, 0) is 80.4 Å². The number of likely N-dealkylation sites (tertiary alicyclic amines) is 1. The molecule has 2 heterocycles. The van der Waals surface area contributed by atoms with Crippen LogP contribution in [0.5, 0.6) is 11.5 Å². The number of nitrogens with zero attached hydrogens (tertiary/aromatic N) is 1. The van der Waals surface area contributed by atoms with Gasteiger partial charge in [0.05, 0.1) is 19.8 Å². The van der Waals surface area contributed by atoms with Crippen molar-refractivity contribution in [3.05, 3.63) is 47.5 Å². The van der Waals surface area contributed by atoms with E-state index in [0.29, 0.717) is 13.0 Å². The molecule has 2 aliphatic rings. The number of ether oxygens (including phenoxy) is 3. The van der Waals surface area contributed by atoms with Crippen LogP contribution in [-0.2, 0) is 27.3 Å². The van der Waals surface area contributed by atoms with E-state index in [4.69, 9.17) is 14.2 Å². The Morgan fingerprint density at radius 2 is 1.74 bits per heavy atom.